The topological polar surface area (TPSA) is 64.1 Å². The summed E-state index contributed by atoms with van der Waals surface area (Å²) in [7, 11) is 0. The molecule has 12 heavy (non-hydrogen) atoms. The van der Waals surface area contributed by atoms with Crippen molar-refractivity contribution < 1.29 is 0 Å². The first-order valence-corrected chi connectivity index (χ1v) is 4.07. The molecule has 0 unspecified atom stereocenters. The van der Waals surface area contributed by atoms with Crippen molar-refractivity contribution in [1.29, 1.82) is 0 Å². The van der Waals surface area contributed by atoms with E-state index in [0.29, 0.717) is 5.69 Å². The molecule has 68 valence electrons. The molecule has 0 aromatic heterocycles. The number of anilines is 2. The summed E-state index contributed by atoms with van der Waals surface area (Å²) in [4.78, 5) is 0. The first-order valence-electron chi connectivity index (χ1n) is 4.07. The fourth-order valence-electron chi connectivity index (χ4n) is 0.807. The Morgan fingerprint density at radius 3 is 2.25 bits per heavy atom. The maximum atomic E-state index is 5.65. The minimum Gasteiger partial charge on any atom is -0.397 e. The van der Waals surface area contributed by atoms with Crippen LogP contribution in [0.3, 0.4) is 0 Å². The van der Waals surface area contributed by atoms with Gasteiger partial charge in [-0.3, -0.25) is 5.84 Å². The first kappa shape index (κ1) is 10.8. The van der Waals surface area contributed by atoms with Crippen molar-refractivity contribution in [3.63, 3.8) is 0 Å². The van der Waals surface area contributed by atoms with E-state index in [1.165, 1.54) is 0 Å². The molecule has 1 aromatic carbocycles. The highest BCUT2D eigenvalue weighted by Crippen LogP contribution is 2.19. The summed E-state index contributed by atoms with van der Waals surface area (Å²) in [5.74, 6) is 5.19. The molecule has 3 nitrogen and oxygen atoms in total. The molecular formula is C9H17N3. The number of aryl methyl sites for hydroxylation is 1. The number of rotatable bonds is 1. The van der Waals surface area contributed by atoms with Gasteiger partial charge in [0, 0.05) is 0 Å². The van der Waals surface area contributed by atoms with Crippen LogP contribution in [0.2, 0.25) is 0 Å². The Morgan fingerprint density at radius 1 is 1.25 bits per heavy atom. The number of hydrogen-bond donors (Lipinski definition) is 3. The van der Waals surface area contributed by atoms with Gasteiger partial charge in [0.15, 0.2) is 0 Å². The normalized spacial score (nSPS) is 8.33. The van der Waals surface area contributed by atoms with Crippen LogP contribution in [0.4, 0.5) is 11.4 Å². The molecule has 1 rings (SSSR count). The van der Waals surface area contributed by atoms with Gasteiger partial charge >= 0.3 is 0 Å². The average Bonchev–Trinajstić information content (AvgIpc) is 2.13. The Kier molecular flexibility index (Phi) is 4.88. The highest BCUT2D eigenvalue weighted by Gasteiger charge is 1.96. The Bertz CT molecular complexity index is 233. The van der Waals surface area contributed by atoms with Crippen molar-refractivity contribution in [3.05, 3.63) is 23.8 Å². The molecule has 1 aromatic rings. The van der Waals surface area contributed by atoms with Gasteiger partial charge in [0.2, 0.25) is 0 Å². The standard InChI is InChI=1S/C7H11N3.C2H6/c1-5-3-2-4-6(10-9)7(5)8;1-2/h2-4,10H,8-9H2,1H3;1-2H3. The van der Waals surface area contributed by atoms with Crippen LogP contribution < -0.4 is 17.0 Å². The van der Waals surface area contributed by atoms with Gasteiger partial charge in [0.1, 0.15) is 0 Å². The second-order valence-electron chi connectivity index (χ2n) is 2.18. The summed E-state index contributed by atoms with van der Waals surface area (Å²) < 4.78 is 0. The predicted octanol–water partition coefficient (Wildman–Crippen LogP) is 1.89. The fraction of sp³-hybridized carbons (Fsp3) is 0.333. The van der Waals surface area contributed by atoms with E-state index in [1.54, 1.807) is 0 Å². The number of hydrazine groups is 1. The number of para-hydroxylation sites is 1. The van der Waals surface area contributed by atoms with Gasteiger partial charge in [0.05, 0.1) is 11.4 Å². The quantitative estimate of drug-likeness (QED) is 0.340. The van der Waals surface area contributed by atoms with Crippen LogP contribution in [0.25, 0.3) is 0 Å². The average molecular weight is 167 g/mol. The lowest BCUT2D eigenvalue weighted by atomic mass is 10.2. The Labute approximate surface area is 73.7 Å². The molecule has 0 bridgehead atoms. The zero-order chi connectivity index (χ0) is 9.56. The molecule has 3 heteroatoms. The third-order valence-electron chi connectivity index (χ3n) is 1.48. The molecule has 0 aliphatic rings. The van der Waals surface area contributed by atoms with Crippen LogP contribution in [0.1, 0.15) is 19.4 Å². The van der Waals surface area contributed by atoms with Gasteiger partial charge in [-0.15, -0.1) is 0 Å². The molecule has 0 amide bonds. The molecule has 0 spiro atoms. The number of hydrogen-bond acceptors (Lipinski definition) is 3. The minimum absolute atomic E-state index is 0.713. The van der Waals surface area contributed by atoms with Crippen molar-refractivity contribution in [2.45, 2.75) is 20.8 Å². The maximum Gasteiger partial charge on any atom is 0.0718 e. The van der Waals surface area contributed by atoms with Gasteiger partial charge in [-0.25, -0.2) is 0 Å². The van der Waals surface area contributed by atoms with Gasteiger partial charge in [0.25, 0.3) is 0 Å². The van der Waals surface area contributed by atoms with E-state index in [0.717, 1.165) is 11.3 Å². The molecule has 0 aliphatic carbocycles. The second kappa shape index (κ2) is 5.43. The van der Waals surface area contributed by atoms with E-state index >= 15 is 0 Å². The Hall–Kier alpha value is -1.22. The molecule has 0 atom stereocenters. The van der Waals surface area contributed by atoms with Crippen molar-refractivity contribution in [2.75, 3.05) is 11.2 Å². The van der Waals surface area contributed by atoms with Crippen LogP contribution in [0.15, 0.2) is 18.2 Å². The first-order chi connectivity index (χ1) is 5.75. The molecular weight excluding hydrogens is 150 g/mol. The van der Waals surface area contributed by atoms with Crippen LogP contribution in [-0.4, -0.2) is 0 Å². The summed E-state index contributed by atoms with van der Waals surface area (Å²) in [6.07, 6.45) is 0. The van der Waals surface area contributed by atoms with E-state index in [-0.39, 0.29) is 0 Å². The van der Waals surface area contributed by atoms with Crippen molar-refractivity contribution in [2.24, 2.45) is 5.84 Å². The van der Waals surface area contributed by atoms with Gasteiger partial charge in [-0.2, -0.15) is 0 Å². The van der Waals surface area contributed by atoms with E-state index in [2.05, 4.69) is 5.43 Å². The fourth-order valence-corrected chi connectivity index (χ4v) is 0.807. The van der Waals surface area contributed by atoms with Gasteiger partial charge in [-0.1, -0.05) is 26.0 Å². The lowest BCUT2D eigenvalue weighted by Gasteiger charge is -2.05. The molecule has 0 saturated carbocycles. The van der Waals surface area contributed by atoms with Crippen LogP contribution in [0.5, 0.6) is 0 Å². The van der Waals surface area contributed by atoms with Crippen molar-refractivity contribution >= 4 is 11.4 Å². The molecule has 0 saturated heterocycles. The summed E-state index contributed by atoms with van der Waals surface area (Å²) >= 11 is 0. The number of nitrogens with one attached hydrogen (secondary N) is 1. The van der Waals surface area contributed by atoms with Gasteiger partial charge in [-0.05, 0) is 18.6 Å². The zero-order valence-corrected chi connectivity index (χ0v) is 7.89. The molecule has 0 radical (unpaired) electrons. The summed E-state index contributed by atoms with van der Waals surface area (Å²) in [5, 5.41) is 0. The highest BCUT2D eigenvalue weighted by molar-refractivity contribution is 5.68. The molecule has 0 aliphatic heterocycles. The smallest absolute Gasteiger partial charge is 0.0718 e. The van der Waals surface area contributed by atoms with Crippen LogP contribution >= 0.6 is 0 Å². The molecule has 5 N–H and O–H groups in total. The maximum absolute atomic E-state index is 5.65. The highest BCUT2D eigenvalue weighted by atomic mass is 15.2. The number of benzene rings is 1. The summed E-state index contributed by atoms with van der Waals surface area (Å²) in [6.45, 7) is 5.94. The zero-order valence-electron chi connectivity index (χ0n) is 7.89. The summed E-state index contributed by atoms with van der Waals surface area (Å²) in [6, 6.07) is 5.68. The summed E-state index contributed by atoms with van der Waals surface area (Å²) in [5.41, 5.74) is 10.7. The second-order valence-corrected chi connectivity index (χ2v) is 2.18. The van der Waals surface area contributed by atoms with Crippen LogP contribution in [0, 0.1) is 6.92 Å². The number of nitrogen functional groups attached to an aromatic ring is 2. The molecule has 0 fully saturated rings. The Balaban J connectivity index is 0.000000561. The lowest BCUT2D eigenvalue weighted by Crippen LogP contribution is -2.09. The monoisotopic (exact) mass is 167 g/mol. The third-order valence-corrected chi connectivity index (χ3v) is 1.48. The van der Waals surface area contributed by atoms with Gasteiger partial charge < -0.3 is 11.2 Å². The number of nitrogens with two attached hydrogens (primary N) is 2. The minimum atomic E-state index is 0.713. The van der Waals surface area contributed by atoms with Crippen molar-refractivity contribution in [3.8, 4) is 0 Å². The van der Waals surface area contributed by atoms with E-state index in [9.17, 15) is 0 Å². The predicted molar refractivity (Wildman–Crippen MR) is 54.7 cm³/mol. The third kappa shape index (κ3) is 2.43. The largest absolute Gasteiger partial charge is 0.397 e. The molecule has 0 heterocycles. The van der Waals surface area contributed by atoms with E-state index in [4.69, 9.17) is 11.6 Å². The van der Waals surface area contributed by atoms with Crippen LogP contribution in [-0.2, 0) is 0 Å². The van der Waals surface area contributed by atoms with E-state index < -0.39 is 0 Å². The van der Waals surface area contributed by atoms with E-state index in [1.807, 2.05) is 39.0 Å². The SMILES string of the molecule is CC.Cc1cccc(NN)c1N. The van der Waals surface area contributed by atoms with Crippen molar-refractivity contribution in [1.82, 2.24) is 0 Å². The Morgan fingerprint density at radius 2 is 1.83 bits per heavy atom. The lowest BCUT2D eigenvalue weighted by molar-refractivity contribution is 1.34.